The SMILES string of the molecule is CN(C)Cc1c[nH]c2cc(Br)c(F)cc12.N#CCc1c[nH]c2cc(Br)c(F)cc12.[C-]#N.[Na+]. The van der Waals surface area contributed by atoms with Gasteiger partial charge in [0.2, 0.25) is 0 Å². The predicted octanol–water partition coefficient (Wildman–Crippen LogP) is 3.37. The fourth-order valence-corrected chi connectivity index (χ4v) is 3.74. The molecule has 0 spiro atoms. The monoisotopic (exact) mass is 571 g/mol. The Bertz CT molecular complexity index is 1260. The smallest absolute Gasteiger partial charge is 0.512 e. The second-order valence-electron chi connectivity index (χ2n) is 6.82. The van der Waals surface area contributed by atoms with E-state index in [1.54, 1.807) is 24.4 Å². The summed E-state index contributed by atoms with van der Waals surface area (Å²) in [5.74, 6) is -0.529. The second kappa shape index (κ2) is 13.1. The molecule has 0 unspecified atom stereocenters. The normalized spacial score (nSPS) is 10.0. The van der Waals surface area contributed by atoms with Gasteiger partial charge in [-0.25, -0.2) is 8.78 Å². The summed E-state index contributed by atoms with van der Waals surface area (Å²) in [6.07, 6.45) is 3.96. The van der Waals surface area contributed by atoms with Gasteiger partial charge in [-0.2, -0.15) is 5.26 Å². The summed E-state index contributed by atoms with van der Waals surface area (Å²) in [7, 11) is 3.99. The zero-order chi connectivity index (χ0) is 23.1. The summed E-state index contributed by atoms with van der Waals surface area (Å²) in [4.78, 5) is 8.19. The first-order valence-electron chi connectivity index (χ1n) is 8.94. The van der Waals surface area contributed by atoms with Crippen LogP contribution in [0.15, 0.2) is 45.6 Å². The molecule has 5 nitrogen and oxygen atoms in total. The van der Waals surface area contributed by atoms with Gasteiger partial charge in [0.15, 0.2) is 0 Å². The van der Waals surface area contributed by atoms with Gasteiger partial charge in [0.05, 0.1) is 21.4 Å². The molecule has 0 aliphatic rings. The summed E-state index contributed by atoms with van der Waals surface area (Å²) in [6.45, 7) is 5.56. The minimum absolute atomic E-state index is 0. The van der Waals surface area contributed by atoms with Gasteiger partial charge in [-0.05, 0) is 81.3 Å². The van der Waals surface area contributed by atoms with Crippen molar-refractivity contribution in [3.8, 4) is 6.07 Å². The van der Waals surface area contributed by atoms with E-state index in [0.717, 1.165) is 39.5 Å². The van der Waals surface area contributed by atoms with Crippen LogP contribution < -0.4 is 29.6 Å². The molecule has 32 heavy (non-hydrogen) atoms. The van der Waals surface area contributed by atoms with Crippen molar-refractivity contribution in [2.75, 3.05) is 14.1 Å². The van der Waals surface area contributed by atoms with Gasteiger partial charge in [0.25, 0.3) is 0 Å². The van der Waals surface area contributed by atoms with E-state index >= 15 is 0 Å². The van der Waals surface area contributed by atoms with Crippen molar-refractivity contribution in [3.63, 3.8) is 0 Å². The summed E-state index contributed by atoms with van der Waals surface area (Å²) < 4.78 is 27.5. The topological polar surface area (TPSA) is 82.4 Å². The van der Waals surface area contributed by atoms with Gasteiger partial charge in [-0.1, -0.05) is 0 Å². The standard InChI is InChI=1S/C11H12BrFN2.C10H6BrFN2.CN.Na/c1-15(2)6-7-5-14-11-4-9(12)10(13)3-8(7)11;11-8-4-10-7(3-9(8)12)6(1-2-13)5-14-10;1-2;/h3-5,14H,6H2,1-2H3;3-5,14H,1H2;;/q;;-1;+1. The van der Waals surface area contributed by atoms with E-state index in [9.17, 15) is 8.78 Å². The van der Waals surface area contributed by atoms with E-state index in [4.69, 9.17) is 17.1 Å². The minimum Gasteiger partial charge on any atom is -0.512 e. The molecule has 0 aliphatic carbocycles. The molecule has 2 aromatic carbocycles. The predicted molar refractivity (Wildman–Crippen MR) is 124 cm³/mol. The van der Waals surface area contributed by atoms with Gasteiger partial charge in [0, 0.05) is 40.7 Å². The quantitative estimate of drug-likeness (QED) is 0.292. The van der Waals surface area contributed by atoms with Crippen LogP contribution in [0.2, 0.25) is 0 Å². The molecule has 0 radical (unpaired) electrons. The number of aromatic nitrogens is 2. The van der Waals surface area contributed by atoms with Crippen LogP contribution in [-0.2, 0) is 13.0 Å². The molecule has 4 aromatic rings. The zero-order valence-corrected chi connectivity index (χ0v) is 22.9. The van der Waals surface area contributed by atoms with Gasteiger partial charge in [-0.3, -0.25) is 0 Å². The zero-order valence-electron chi connectivity index (χ0n) is 17.7. The molecule has 160 valence electrons. The molecule has 0 atom stereocenters. The van der Waals surface area contributed by atoms with Crippen molar-refractivity contribution in [1.82, 2.24) is 14.9 Å². The fraction of sp³-hybridized carbons (Fsp3) is 0.182. The summed E-state index contributed by atoms with van der Waals surface area (Å²) >= 11 is 6.28. The third-order valence-corrected chi connectivity index (χ3v) is 5.59. The van der Waals surface area contributed by atoms with Crippen molar-refractivity contribution in [2.45, 2.75) is 13.0 Å². The largest absolute Gasteiger partial charge is 1.00 e. The Morgan fingerprint density at radius 3 is 1.78 bits per heavy atom. The fourth-order valence-electron chi connectivity index (χ4n) is 3.05. The Kier molecular flexibility index (Phi) is 11.6. The maximum absolute atomic E-state index is 13.4. The molecule has 0 saturated heterocycles. The number of nitriles is 1. The van der Waals surface area contributed by atoms with Crippen molar-refractivity contribution in [2.24, 2.45) is 0 Å². The third-order valence-electron chi connectivity index (χ3n) is 4.37. The molecule has 0 saturated carbocycles. The van der Waals surface area contributed by atoms with Crippen molar-refractivity contribution >= 4 is 53.7 Å². The molecule has 2 heterocycles. The molecular formula is C22H18Br2F2N5Na. The first-order valence-corrected chi connectivity index (χ1v) is 10.5. The molecule has 0 fully saturated rings. The van der Waals surface area contributed by atoms with Crippen LogP contribution in [-0.4, -0.2) is 29.0 Å². The number of halogens is 4. The second-order valence-corrected chi connectivity index (χ2v) is 8.53. The maximum atomic E-state index is 13.4. The number of H-pyrrole nitrogens is 2. The number of nitrogens with one attached hydrogen (secondary N) is 2. The first kappa shape index (κ1) is 28.3. The number of fused-ring (bicyclic) bond motifs is 2. The van der Waals surface area contributed by atoms with Crippen LogP contribution in [0.3, 0.4) is 0 Å². The van der Waals surface area contributed by atoms with Crippen LogP contribution in [0.5, 0.6) is 0 Å². The Balaban J connectivity index is 0.000000289. The van der Waals surface area contributed by atoms with Crippen LogP contribution in [0, 0.1) is 34.8 Å². The molecule has 4 rings (SSSR count). The average Bonchev–Trinajstić information content (AvgIpc) is 3.29. The summed E-state index contributed by atoms with van der Waals surface area (Å²) in [5.41, 5.74) is 3.74. The van der Waals surface area contributed by atoms with E-state index in [-0.39, 0.29) is 41.2 Å². The van der Waals surface area contributed by atoms with E-state index in [1.807, 2.05) is 26.4 Å². The Hall–Kier alpha value is -1.72. The van der Waals surface area contributed by atoms with Crippen molar-refractivity contribution < 1.29 is 38.3 Å². The number of hydrogen-bond donors (Lipinski definition) is 2. The van der Waals surface area contributed by atoms with Gasteiger partial charge < -0.3 is 26.7 Å². The molecule has 0 aliphatic heterocycles. The summed E-state index contributed by atoms with van der Waals surface area (Å²) in [5, 5.41) is 16.5. The average molecular weight is 573 g/mol. The Morgan fingerprint density at radius 1 is 0.906 bits per heavy atom. The molecule has 0 bridgehead atoms. The molecule has 0 amide bonds. The van der Waals surface area contributed by atoms with Crippen LogP contribution in [0.25, 0.3) is 21.8 Å². The van der Waals surface area contributed by atoms with Crippen molar-refractivity contribution in [3.05, 3.63) is 74.9 Å². The number of hydrogen-bond acceptors (Lipinski definition) is 3. The molecular weight excluding hydrogens is 555 g/mol. The molecule has 10 heteroatoms. The Labute approximate surface area is 223 Å². The molecule has 2 aromatic heterocycles. The van der Waals surface area contributed by atoms with Gasteiger partial charge in [-0.15, -0.1) is 0 Å². The number of benzene rings is 2. The maximum Gasteiger partial charge on any atom is 1.00 e. The summed E-state index contributed by atoms with van der Waals surface area (Å²) in [6, 6.07) is 8.48. The van der Waals surface area contributed by atoms with E-state index in [0.29, 0.717) is 15.4 Å². The van der Waals surface area contributed by atoms with E-state index in [1.165, 1.54) is 6.07 Å². The van der Waals surface area contributed by atoms with Gasteiger partial charge in [0.1, 0.15) is 11.6 Å². The van der Waals surface area contributed by atoms with Crippen LogP contribution in [0.1, 0.15) is 11.1 Å². The first-order chi connectivity index (χ1) is 14.8. The van der Waals surface area contributed by atoms with E-state index in [2.05, 4.69) is 46.7 Å². The van der Waals surface area contributed by atoms with Crippen molar-refractivity contribution in [1.29, 1.82) is 10.5 Å². The number of aromatic amines is 2. The number of rotatable bonds is 3. The molecule has 2 N–H and O–H groups in total. The number of nitrogens with zero attached hydrogens (tertiary/aromatic N) is 3. The van der Waals surface area contributed by atoms with Crippen LogP contribution >= 0.6 is 31.9 Å². The van der Waals surface area contributed by atoms with E-state index < -0.39 is 0 Å². The third kappa shape index (κ3) is 6.89. The van der Waals surface area contributed by atoms with Crippen LogP contribution in [0.4, 0.5) is 8.78 Å². The van der Waals surface area contributed by atoms with Gasteiger partial charge >= 0.3 is 29.6 Å². The Morgan fingerprint density at radius 2 is 1.34 bits per heavy atom. The minimum atomic E-state index is -0.309.